The van der Waals surface area contributed by atoms with Crippen LogP contribution in [0.3, 0.4) is 0 Å². The highest BCUT2D eigenvalue weighted by Gasteiger charge is 2.34. The Morgan fingerprint density at radius 3 is 2.63 bits per heavy atom. The SMILES string of the molecule is C[C@@H]1CN(C(=O)C(=O)c2c[nH]c3c(N4CC=NC(=O)C4)nccc23)CCN1C(=O)c1ccccc1. The molecule has 1 N–H and O–H groups in total. The topological polar surface area (TPSA) is 119 Å². The number of piperazine rings is 1. The van der Waals surface area contributed by atoms with Gasteiger partial charge in [-0.15, -0.1) is 0 Å². The van der Waals surface area contributed by atoms with E-state index in [1.165, 1.54) is 17.3 Å². The van der Waals surface area contributed by atoms with Gasteiger partial charge in [0, 0.05) is 55.2 Å². The number of Topliss-reactive ketones (excluding diaryl/α,β-unsaturated/α-hetero) is 1. The van der Waals surface area contributed by atoms with Gasteiger partial charge in [0.05, 0.1) is 17.6 Å². The Labute approximate surface area is 201 Å². The molecule has 1 fully saturated rings. The number of ketones is 1. The Hall–Kier alpha value is -4.34. The molecule has 10 heteroatoms. The van der Waals surface area contributed by atoms with E-state index in [1.807, 2.05) is 25.1 Å². The number of benzene rings is 1. The molecule has 10 nitrogen and oxygen atoms in total. The van der Waals surface area contributed by atoms with E-state index in [9.17, 15) is 19.2 Å². The van der Waals surface area contributed by atoms with Crippen molar-refractivity contribution in [1.29, 1.82) is 0 Å². The van der Waals surface area contributed by atoms with Gasteiger partial charge >= 0.3 is 0 Å². The molecule has 0 spiro atoms. The predicted molar refractivity (Wildman–Crippen MR) is 130 cm³/mol. The van der Waals surface area contributed by atoms with Gasteiger partial charge in [-0.05, 0) is 25.1 Å². The number of aromatic nitrogens is 2. The summed E-state index contributed by atoms with van der Waals surface area (Å²) in [5.74, 6) is -1.07. The van der Waals surface area contributed by atoms with E-state index < -0.39 is 11.7 Å². The molecule has 0 saturated carbocycles. The van der Waals surface area contributed by atoms with Gasteiger partial charge in [0.2, 0.25) is 0 Å². The first-order chi connectivity index (χ1) is 16.9. The average molecular weight is 473 g/mol. The number of H-pyrrole nitrogens is 1. The van der Waals surface area contributed by atoms with E-state index in [0.717, 1.165) is 0 Å². The fraction of sp³-hybridized carbons (Fsp3) is 0.280. The molecule has 0 bridgehead atoms. The minimum atomic E-state index is -0.625. The molecular formula is C25H24N6O4. The van der Waals surface area contributed by atoms with E-state index in [-0.39, 0.29) is 43.1 Å². The van der Waals surface area contributed by atoms with E-state index in [0.29, 0.717) is 35.4 Å². The van der Waals surface area contributed by atoms with Gasteiger partial charge in [-0.3, -0.25) is 19.2 Å². The third kappa shape index (κ3) is 4.18. The van der Waals surface area contributed by atoms with Crippen LogP contribution in [0.2, 0.25) is 0 Å². The second kappa shape index (κ2) is 9.13. The van der Waals surface area contributed by atoms with Crippen LogP contribution in [0, 0.1) is 0 Å². The molecule has 178 valence electrons. The van der Waals surface area contributed by atoms with Gasteiger partial charge < -0.3 is 19.7 Å². The number of pyridine rings is 1. The Morgan fingerprint density at radius 2 is 1.89 bits per heavy atom. The molecule has 35 heavy (non-hydrogen) atoms. The van der Waals surface area contributed by atoms with E-state index in [2.05, 4.69) is 15.0 Å². The number of hydrogen-bond donors (Lipinski definition) is 1. The lowest BCUT2D eigenvalue weighted by Gasteiger charge is -2.39. The molecular weight excluding hydrogens is 448 g/mol. The Bertz CT molecular complexity index is 1350. The van der Waals surface area contributed by atoms with Crippen molar-refractivity contribution in [2.24, 2.45) is 4.99 Å². The summed E-state index contributed by atoms with van der Waals surface area (Å²) in [5.41, 5.74) is 1.43. The molecule has 2 aromatic heterocycles. The first-order valence-electron chi connectivity index (χ1n) is 11.4. The first-order valence-corrected chi connectivity index (χ1v) is 11.4. The number of aliphatic imine (C=N–C) groups is 1. The number of rotatable bonds is 4. The van der Waals surface area contributed by atoms with Crippen LogP contribution in [-0.4, -0.2) is 88.3 Å². The number of carbonyl (C=O) groups is 4. The van der Waals surface area contributed by atoms with Crippen molar-refractivity contribution in [2.75, 3.05) is 37.6 Å². The van der Waals surface area contributed by atoms with Crippen LogP contribution in [-0.2, 0) is 9.59 Å². The number of nitrogens with zero attached hydrogens (tertiary/aromatic N) is 5. The van der Waals surface area contributed by atoms with Crippen molar-refractivity contribution < 1.29 is 19.2 Å². The monoisotopic (exact) mass is 472 g/mol. The third-order valence-corrected chi connectivity index (χ3v) is 6.38. The van der Waals surface area contributed by atoms with Crippen molar-refractivity contribution in [1.82, 2.24) is 19.8 Å². The minimum Gasteiger partial charge on any atom is -0.357 e. The second-order valence-electron chi connectivity index (χ2n) is 8.64. The van der Waals surface area contributed by atoms with Crippen LogP contribution in [0.15, 0.2) is 53.8 Å². The Kier molecular flexibility index (Phi) is 5.86. The van der Waals surface area contributed by atoms with Crippen molar-refractivity contribution in [3.05, 3.63) is 59.9 Å². The summed E-state index contributed by atoms with van der Waals surface area (Å²) in [7, 11) is 0. The fourth-order valence-electron chi connectivity index (χ4n) is 4.59. The Morgan fingerprint density at radius 1 is 1.09 bits per heavy atom. The molecule has 2 aliphatic rings. The van der Waals surface area contributed by atoms with Gasteiger partial charge in [0.25, 0.3) is 23.5 Å². The number of anilines is 1. The first kappa shape index (κ1) is 22.5. The quantitative estimate of drug-likeness (QED) is 0.454. The van der Waals surface area contributed by atoms with Crippen LogP contribution in [0.1, 0.15) is 27.6 Å². The van der Waals surface area contributed by atoms with Crippen molar-refractivity contribution in [3.8, 4) is 0 Å². The number of amides is 3. The van der Waals surface area contributed by atoms with E-state index in [4.69, 9.17) is 0 Å². The maximum absolute atomic E-state index is 13.2. The maximum Gasteiger partial charge on any atom is 0.295 e. The summed E-state index contributed by atoms with van der Waals surface area (Å²) in [6, 6.07) is 10.5. The Balaban J connectivity index is 1.32. The summed E-state index contributed by atoms with van der Waals surface area (Å²) < 4.78 is 0. The number of nitrogens with one attached hydrogen (secondary N) is 1. The lowest BCUT2D eigenvalue weighted by atomic mass is 10.1. The molecule has 4 heterocycles. The van der Waals surface area contributed by atoms with Crippen LogP contribution in [0.5, 0.6) is 0 Å². The molecule has 0 radical (unpaired) electrons. The lowest BCUT2D eigenvalue weighted by Crippen LogP contribution is -2.56. The normalized spacial score (nSPS) is 18.3. The van der Waals surface area contributed by atoms with Gasteiger partial charge in [-0.1, -0.05) is 18.2 Å². The summed E-state index contributed by atoms with van der Waals surface area (Å²) >= 11 is 0. The number of fused-ring (bicyclic) bond motifs is 1. The minimum absolute atomic E-state index is 0.0885. The predicted octanol–water partition coefficient (Wildman–Crippen LogP) is 1.54. The molecule has 0 unspecified atom stereocenters. The highest BCUT2D eigenvalue weighted by Crippen LogP contribution is 2.27. The summed E-state index contributed by atoms with van der Waals surface area (Å²) in [6.45, 7) is 3.28. The van der Waals surface area contributed by atoms with Crippen LogP contribution >= 0.6 is 0 Å². The molecule has 1 saturated heterocycles. The maximum atomic E-state index is 13.2. The fourth-order valence-corrected chi connectivity index (χ4v) is 4.59. The molecule has 1 atom stereocenters. The average Bonchev–Trinajstić information content (AvgIpc) is 3.32. The standard InChI is InChI=1S/C25H24N6O4/c1-16-14-30(11-12-31(16)24(34)17-5-3-2-4-6-17)25(35)22(33)19-13-28-21-18(19)7-8-27-23(21)29-10-9-26-20(32)15-29/h2-9,13,16,28H,10-12,14-15H2,1H3/t16-/m1/s1. The number of hydrogen-bond acceptors (Lipinski definition) is 6. The smallest absolute Gasteiger partial charge is 0.295 e. The number of aromatic amines is 1. The highest BCUT2D eigenvalue weighted by atomic mass is 16.2. The lowest BCUT2D eigenvalue weighted by molar-refractivity contribution is -0.128. The zero-order valence-corrected chi connectivity index (χ0v) is 19.2. The van der Waals surface area contributed by atoms with Crippen LogP contribution in [0.4, 0.5) is 5.82 Å². The van der Waals surface area contributed by atoms with Crippen molar-refractivity contribution in [3.63, 3.8) is 0 Å². The molecule has 0 aliphatic carbocycles. The molecule has 2 aliphatic heterocycles. The van der Waals surface area contributed by atoms with Gasteiger partial charge in [0.15, 0.2) is 5.82 Å². The number of carbonyl (C=O) groups excluding carboxylic acids is 4. The molecule has 5 rings (SSSR count). The zero-order chi connectivity index (χ0) is 24.5. The summed E-state index contributed by atoms with van der Waals surface area (Å²) in [6.07, 6.45) is 4.59. The zero-order valence-electron chi connectivity index (χ0n) is 19.2. The van der Waals surface area contributed by atoms with Gasteiger partial charge in [-0.25, -0.2) is 9.98 Å². The molecule has 1 aromatic carbocycles. The molecule has 3 amide bonds. The van der Waals surface area contributed by atoms with Crippen molar-refractivity contribution in [2.45, 2.75) is 13.0 Å². The van der Waals surface area contributed by atoms with Crippen LogP contribution < -0.4 is 4.90 Å². The largest absolute Gasteiger partial charge is 0.357 e. The van der Waals surface area contributed by atoms with Gasteiger partial charge in [0.1, 0.15) is 6.54 Å². The third-order valence-electron chi connectivity index (χ3n) is 6.38. The highest BCUT2D eigenvalue weighted by molar-refractivity contribution is 6.45. The van der Waals surface area contributed by atoms with Crippen LogP contribution in [0.25, 0.3) is 10.9 Å². The summed E-state index contributed by atoms with van der Waals surface area (Å²) in [5, 5.41) is 0.564. The van der Waals surface area contributed by atoms with E-state index >= 15 is 0 Å². The molecule has 3 aromatic rings. The van der Waals surface area contributed by atoms with Gasteiger partial charge in [-0.2, -0.15) is 0 Å². The summed E-state index contributed by atoms with van der Waals surface area (Å²) in [4.78, 5) is 67.1. The second-order valence-corrected chi connectivity index (χ2v) is 8.64. The van der Waals surface area contributed by atoms with E-state index in [1.54, 1.807) is 34.2 Å². The van der Waals surface area contributed by atoms with Crippen molar-refractivity contribution >= 4 is 46.4 Å².